The van der Waals surface area contributed by atoms with Crippen LogP contribution in [0.2, 0.25) is 0 Å². The number of nitrogens with zero attached hydrogens (tertiary/aromatic N) is 3. The molecule has 1 amide bonds. The summed E-state index contributed by atoms with van der Waals surface area (Å²) < 4.78 is 20.9. The molecule has 9 heteroatoms. The lowest BCUT2D eigenvalue weighted by Crippen LogP contribution is -2.14. The van der Waals surface area contributed by atoms with Crippen LogP contribution in [0, 0.1) is 5.82 Å². The molecule has 4 aromatic rings. The van der Waals surface area contributed by atoms with Crippen molar-refractivity contribution in [1.29, 1.82) is 0 Å². The first-order chi connectivity index (χ1) is 16.6. The van der Waals surface area contributed by atoms with Gasteiger partial charge in [-0.05, 0) is 35.7 Å². The van der Waals surface area contributed by atoms with E-state index in [1.165, 1.54) is 12.1 Å². The fourth-order valence-electron chi connectivity index (χ4n) is 4.88. The number of ether oxygens (including phenoxy) is 1. The van der Waals surface area contributed by atoms with Gasteiger partial charge in [-0.2, -0.15) is 0 Å². The predicted octanol–water partition coefficient (Wildman–Crippen LogP) is 3.49. The normalized spacial score (nSPS) is 17.2. The molecule has 1 unspecified atom stereocenters. The second kappa shape index (κ2) is 8.19. The molecule has 6 rings (SSSR count). The maximum Gasteiger partial charge on any atom is 0.254 e. The molecule has 0 bridgehead atoms. The SMILES string of the molecule is NCc1nc(Nc2ccc(-c3cnc4cc(F)ccn34)c3c2C(=O)NC3)ccc1C1CCOC1. The molecule has 0 saturated carbocycles. The van der Waals surface area contributed by atoms with Crippen LogP contribution in [-0.4, -0.2) is 33.5 Å². The van der Waals surface area contributed by atoms with Crippen LogP contribution in [0.25, 0.3) is 16.9 Å². The molecule has 3 aromatic heterocycles. The smallest absolute Gasteiger partial charge is 0.254 e. The number of carbonyl (C=O) groups excluding carboxylic acids is 1. The highest BCUT2D eigenvalue weighted by Crippen LogP contribution is 2.36. The van der Waals surface area contributed by atoms with Gasteiger partial charge in [-0.3, -0.25) is 9.20 Å². The van der Waals surface area contributed by atoms with Crippen LogP contribution in [0.1, 0.15) is 39.5 Å². The summed E-state index contributed by atoms with van der Waals surface area (Å²) in [7, 11) is 0. The van der Waals surface area contributed by atoms with Crippen molar-refractivity contribution in [2.75, 3.05) is 18.5 Å². The highest BCUT2D eigenvalue weighted by Gasteiger charge is 2.28. The number of rotatable bonds is 5. The third-order valence-corrected chi connectivity index (χ3v) is 6.55. The van der Waals surface area contributed by atoms with E-state index >= 15 is 0 Å². The molecule has 0 spiro atoms. The first kappa shape index (κ1) is 20.8. The van der Waals surface area contributed by atoms with E-state index in [9.17, 15) is 9.18 Å². The summed E-state index contributed by atoms with van der Waals surface area (Å²) in [6.45, 7) is 2.17. The maximum atomic E-state index is 13.6. The van der Waals surface area contributed by atoms with Crippen molar-refractivity contribution in [1.82, 2.24) is 19.7 Å². The molecule has 1 atom stereocenters. The lowest BCUT2D eigenvalue weighted by Gasteiger charge is -2.16. The summed E-state index contributed by atoms with van der Waals surface area (Å²) in [6, 6.07) is 10.5. The molecule has 1 aromatic carbocycles. The van der Waals surface area contributed by atoms with Crippen molar-refractivity contribution in [3.05, 3.63) is 77.0 Å². The zero-order valence-electron chi connectivity index (χ0n) is 18.3. The number of pyridine rings is 2. The van der Waals surface area contributed by atoms with E-state index < -0.39 is 0 Å². The van der Waals surface area contributed by atoms with Gasteiger partial charge in [-0.15, -0.1) is 0 Å². The zero-order valence-corrected chi connectivity index (χ0v) is 18.3. The van der Waals surface area contributed by atoms with E-state index in [0.717, 1.165) is 41.1 Å². The minimum Gasteiger partial charge on any atom is -0.381 e. The summed E-state index contributed by atoms with van der Waals surface area (Å²) in [5, 5.41) is 6.23. The van der Waals surface area contributed by atoms with Gasteiger partial charge in [0, 0.05) is 43.4 Å². The Morgan fingerprint density at radius 3 is 3.00 bits per heavy atom. The van der Waals surface area contributed by atoms with Gasteiger partial charge in [-0.25, -0.2) is 14.4 Å². The number of halogens is 1. The van der Waals surface area contributed by atoms with Crippen molar-refractivity contribution in [3.8, 4) is 11.3 Å². The van der Waals surface area contributed by atoms with E-state index in [2.05, 4.69) is 15.6 Å². The van der Waals surface area contributed by atoms with E-state index in [0.29, 0.717) is 48.3 Å². The second-order valence-corrected chi connectivity index (χ2v) is 8.54. The fraction of sp³-hybridized carbons (Fsp3) is 0.240. The number of imidazole rings is 1. The molecule has 34 heavy (non-hydrogen) atoms. The van der Waals surface area contributed by atoms with Gasteiger partial charge in [0.15, 0.2) is 0 Å². The Bertz CT molecular complexity index is 1430. The van der Waals surface area contributed by atoms with E-state index in [1.54, 1.807) is 12.4 Å². The molecule has 4 N–H and O–H groups in total. The van der Waals surface area contributed by atoms with Crippen LogP contribution in [-0.2, 0) is 17.8 Å². The molecule has 8 nitrogen and oxygen atoms in total. The standard InChI is InChI=1S/C25H23FN6O2/c26-15-5-7-32-21(12-28-23(32)9-15)17-1-3-19(24-18(17)11-29-25(24)33)30-22-4-2-16(20(10-27)31-22)14-6-8-34-13-14/h1-5,7,9,12,14H,6,8,10-11,13,27H2,(H,29,33)(H,30,31). The number of carbonyl (C=O) groups is 1. The Balaban J connectivity index is 1.38. The Kier molecular flexibility index (Phi) is 5.00. The fourth-order valence-corrected chi connectivity index (χ4v) is 4.88. The summed E-state index contributed by atoms with van der Waals surface area (Å²) in [5.41, 5.74) is 12.2. The zero-order chi connectivity index (χ0) is 23.2. The number of aromatic nitrogens is 3. The lowest BCUT2D eigenvalue weighted by atomic mass is 9.96. The third-order valence-electron chi connectivity index (χ3n) is 6.55. The summed E-state index contributed by atoms with van der Waals surface area (Å²) >= 11 is 0. The highest BCUT2D eigenvalue weighted by atomic mass is 19.1. The number of hydrogen-bond donors (Lipinski definition) is 3. The van der Waals surface area contributed by atoms with Crippen LogP contribution >= 0.6 is 0 Å². The molecule has 2 aliphatic heterocycles. The minimum atomic E-state index is -0.345. The summed E-state index contributed by atoms with van der Waals surface area (Å²) in [6.07, 6.45) is 4.30. The number of fused-ring (bicyclic) bond motifs is 2. The Morgan fingerprint density at radius 2 is 2.18 bits per heavy atom. The van der Waals surface area contributed by atoms with Gasteiger partial charge in [0.1, 0.15) is 17.3 Å². The van der Waals surface area contributed by atoms with Crippen LogP contribution in [0.3, 0.4) is 0 Å². The Hall–Kier alpha value is -3.82. The van der Waals surface area contributed by atoms with Crippen molar-refractivity contribution in [2.24, 2.45) is 5.73 Å². The molecule has 1 fully saturated rings. The van der Waals surface area contributed by atoms with Gasteiger partial charge in [0.05, 0.1) is 35.4 Å². The van der Waals surface area contributed by atoms with Gasteiger partial charge < -0.3 is 21.1 Å². The molecule has 0 radical (unpaired) electrons. The number of nitrogens with one attached hydrogen (secondary N) is 2. The topological polar surface area (TPSA) is 107 Å². The van der Waals surface area contributed by atoms with Crippen LogP contribution < -0.4 is 16.4 Å². The monoisotopic (exact) mass is 458 g/mol. The number of benzene rings is 1. The molecule has 2 aliphatic rings. The first-order valence-electron chi connectivity index (χ1n) is 11.2. The number of hydrogen-bond acceptors (Lipinski definition) is 6. The van der Waals surface area contributed by atoms with Gasteiger partial charge in [0.2, 0.25) is 0 Å². The molecule has 1 saturated heterocycles. The van der Waals surface area contributed by atoms with Crippen LogP contribution in [0.4, 0.5) is 15.9 Å². The quantitative estimate of drug-likeness (QED) is 0.423. The summed E-state index contributed by atoms with van der Waals surface area (Å²) in [4.78, 5) is 21.8. The Morgan fingerprint density at radius 1 is 1.26 bits per heavy atom. The molecule has 172 valence electrons. The lowest BCUT2D eigenvalue weighted by molar-refractivity contribution is 0.0966. The van der Waals surface area contributed by atoms with Crippen molar-refractivity contribution in [3.63, 3.8) is 0 Å². The van der Waals surface area contributed by atoms with Crippen molar-refractivity contribution in [2.45, 2.75) is 25.4 Å². The molecular formula is C25H23FN6O2. The van der Waals surface area contributed by atoms with Gasteiger partial charge in [0.25, 0.3) is 5.91 Å². The second-order valence-electron chi connectivity index (χ2n) is 8.54. The van der Waals surface area contributed by atoms with E-state index in [1.807, 2.05) is 28.7 Å². The van der Waals surface area contributed by atoms with E-state index in [4.69, 9.17) is 15.5 Å². The average Bonchev–Trinajstić information content (AvgIpc) is 3.60. The Labute approximate surface area is 195 Å². The number of nitrogens with two attached hydrogens (primary N) is 1. The summed E-state index contributed by atoms with van der Waals surface area (Å²) in [5.74, 6) is 0.441. The number of amides is 1. The molecule has 5 heterocycles. The largest absolute Gasteiger partial charge is 0.381 e. The molecular weight excluding hydrogens is 435 g/mol. The highest BCUT2D eigenvalue weighted by molar-refractivity contribution is 6.06. The number of anilines is 2. The predicted molar refractivity (Wildman–Crippen MR) is 125 cm³/mol. The van der Waals surface area contributed by atoms with Gasteiger partial charge in [-0.1, -0.05) is 12.1 Å². The minimum absolute atomic E-state index is 0.155. The van der Waals surface area contributed by atoms with Crippen LogP contribution in [0.15, 0.2) is 48.8 Å². The third kappa shape index (κ3) is 3.41. The molecule has 0 aliphatic carbocycles. The first-order valence-corrected chi connectivity index (χ1v) is 11.2. The van der Waals surface area contributed by atoms with Gasteiger partial charge >= 0.3 is 0 Å². The van der Waals surface area contributed by atoms with Crippen molar-refractivity contribution >= 4 is 23.1 Å². The van der Waals surface area contributed by atoms with E-state index in [-0.39, 0.29) is 11.7 Å². The van der Waals surface area contributed by atoms with Crippen LogP contribution in [0.5, 0.6) is 0 Å². The maximum absolute atomic E-state index is 13.6. The average molecular weight is 458 g/mol. The van der Waals surface area contributed by atoms with Crippen molar-refractivity contribution < 1.29 is 13.9 Å².